The zero-order valence-corrected chi connectivity index (χ0v) is 28.6. The van der Waals surface area contributed by atoms with Crippen molar-refractivity contribution < 1.29 is 0 Å². The summed E-state index contributed by atoms with van der Waals surface area (Å²) < 4.78 is 6.10. The molecular weight excluding hydrogens is 639 g/mol. The van der Waals surface area contributed by atoms with Crippen LogP contribution in [0, 0.1) is 0 Å². The normalized spacial score (nSPS) is 12.9. The van der Waals surface area contributed by atoms with Crippen molar-refractivity contribution in [1.29, 1.82) is 0 Å². The molecule has 0 saturated carbocycles. The van der Waals surface area contributed by atoms with E-state index in [1.54, 1.807) is 0 Å². The van der Waals surface area contributed by atoms with E-state index in [0.717, 1.165) is 29.8 Å². The Morgan fingerprint density at radius 1 is 0.490 bits per heavy atom. The summed E-state index contributed by atoms with van der Waals surface area (Å²) in [5.41, 5.74) is 13.2. The van der Waals surface area contributed by atoms with Gasteiger partial charge in [0.15, 0.2) is 0 Å². The van der Waals surface area contributed by atoms with Crippen LogP contribution in [0.3, 0.4) is 0 Å². The second-order valence-corrected chi connectivity index (χ2v) is 14.5. The van der Waals surface area contributed by atoms with E-state index in [-0.39, 0.29) is 0 Å². The minimum absolute atomic E-state index is 1.07. The Kier molecular flexibility index (Phi) is 6.25. The summed E-state index contributed by atoms with van der Waals surface area (Å²) in [4.78, 5) is 6.30. The number of thiophene rings is 1. The minimum Gasteiger partial charge on any atom is -0.309 e. The van der Waals surface area contributed by atoms with Crippen LogP contribution in [0.5, 0.6) is 0 Å². The topological polar surface area (TPSA) is 22.8 Å². The molecule has 0 fully saturated rings. The van der Waals surface area contributed by atoms with Crippen LogP contribution in [0.15, 0.2) is 158 Å². The standard InChI is InChI=1S/C47H31N3S/c1-5-19-41-35(15-1)36-16-2-6-20-42(36)50(41)34-23-24-44-40(29-34)37-17-3-7-21-43(37)49(44)33-14-10-12-31(28-33)30-11-9-13-32(27-30)46-47-39(25-26-48-46)38-18-4-8-22-45(38)51-47/h1-3,5-17,19-29H,4,18H2. The Labute approximate surface area is 299 Å². The van der Waals surface area contributed by atoms with E-state index in [1.807, 2.05) is 17.5 Å². The molecule has 0 saturated heterocycles. The Morgan fingerprint density at radius 2 is 1.10 bits per heavy atom. The molecule has 1 aliphatic rings. The molecule has 4 heterocycles. The van der Waals surface area contributed by atoms with E-state index in [4.69, 9.17) is 4.98 Å². The predicted molar refractivity (Wildman–Crippen MR) is 217 cm³/mol. The largest absolute Gasteiger partial charge is 0.309 e. The first-order chi connectivity index (χ1) is 25.3. The maximum Gasteiger partial charge on any atom is 0.0880 e. The molecule has 0 N–H and O–H groups in total. The lowest BCUT2D eigenvalue weighted by atomic mass is 9.98. The van der Waals surface area contributed by atoms with E-state index in [9.17, 15) is 0 Å². The molecule has 0 unspecified atom stereocenters. The van der Waals surface area contributed by atoms with Gasteiger partial charge in [0.05, 0.1) is 32.5 Å². The number of nitrogens with zero attached hydrogens (tertiary/aromatic N) is 3. The number of hydrogen-bond donors (Lipinski definition) is 0. The first-order valence-electron chi connectivity index (χ1n) is 17.6. The van der Waals surface area contributed by atoms with Crippen LogP contribution in [0.2, 0.25) is 0 Å². The number of fused-ring (bicyclic) bond motifs is 9. The fourth-order valence-electron chi connectivity index (χ4n) is 8.36. The van der Waals surface area contributed by atoms with Gasteiger partial charge in [-0.25, -0.2) is 0 Å². The summed E-state index contributed by atoms with van der Waals surface area (Å²) in [7, 11) is 0. The Hall–Kier alpha value is -6.23. The van der Waals surface area contributed by atoms with Gasteiger partial charge in [-0.3, -0.25) is 4.98 Å². The van der Waals surface area contributed by atoms with Gasteiger partial charge < -0.3 is 9.13 Å². The smallest absolute Gasteiger partial charge is 0.0880 e. The highest BCUT2D eigenvalue weighted by molar-refractivity contribution is 7.20. The van der Waals surface area contributed by atoms with E-state index >= 15 is 0 Å². The summed E-state index contributed by atoms with van der Waals surface area (Å²) in [5.74, 6) is 0. The van der Waals surface area contributed by atoms with Gasteiger partial charge in [0.2, 0.25) is 0 Å². The lowest BCUT2D eigenvalue weighted by Gasteiger charge is -2.12. The lowest BCUT2D eigenvalue weighted by Crippen LogP contribution is -1.96. The zero-order valence-electron chi connectivity index (χ0n) is 27.8. The molecule has 4 heteroatoms. The Morgan fingerprint density at radius 3 is 1.84 bits per heavy atom. The second-order valence-electron chi connectivity index (χ2n) is 13.5. The molecule has 3 nitrogen and oxygen atoms in total. The number of pyridine rings is 1. The average Bonchev–Trinajstić information content (AvgIpc) is 3.86. The van der Waals surface area contributed by atoms with Crippen molar-refractivity contribution >= 4 is 71.1 Å². The van der Waals surface area contributed by atoms with Crippen molar-refractivity contribution in [3.8, 4) is 33.8 Å². The Balaban J connectivity index is 1.05. The molecule has 10 aromatic rings. The molecule has 0 atom stereocenters. The maximum absolute atomic E-state index is 4.92. The van der Waals surface area contributed by atoms with Gasteiger partial charge in [-0.1, -0.05) is 91.0 Å². The lowest BCUT2D eigenvalue weighted by molar-refractivity contribution is 1.01. The van der Waals surface area contributed by atoms with Crippen molar-refractivity contribution in [2.24, 2.45) is 0 Å². The molecule has 0 bridgehead atoms. The van der Waals surface area contributed by atoms with Crippen LogP contribution in [0.25, 0.3) is 93.5 Å². The predicted octanol–water partition coefficient (Wildman–Crippen LogP) is 12.8. The Bertz CT molecular complexity index is 2990. The van der Waals surface area contributed by atoms with Gasteiger partial charge in [0.25, 0.3) is 0 Å². The molecule has 240 valence electrons. The summed E-state index contributed by atoms with van der Waals surface area (Å²) in [6.45, 7) is 0. The number of hydrogen-bond acceptors (Lipinski definition) is 2. The number of aryl methyl sites for hydroxylation is 1. The van der Waals surface area contributed by atoms with Crippen LogP contribution < -0.4 is 0 Å². The molecule has 0 amide bonds. The second kappa shape index (κ2) is 11.1. The monoisotopic (exact) mass is 669 g/mol. The van der Waals surface area contributed by atoms with Crippen LogP contribution in [-0.4, -0.2) is 14.1 Å². The maximum atomic E-state index is 4.92. The van der Waals surface area contributed by atoms with E-state index in [1.165, 1.54) is 81.0 Å². The van der Waals surface area contributed by atoms with Gasteiger partial charge in [-0.2, -0.15) is 0 Å². The van der Waals surface area contributed by atoms with Gasteiger partial charge in [-0.15, -0.1) is 11.3 Å². The van der Waals surface area contributed by atoms with E-state index in [2.05, 4.69) is 167 Å². The first-order valence-corrected chi connectivity index (χ1v) is 18.4. The molecule has 0 spiro atoms. The number of rotatable bonds is 4. The van der Waals surface area contributed by atoms with Crippen LogP contribution >= 0.6 is 11.3 Å². The third kappa shape index (κ3) is 4.33. The van der Waals surface area contributed by atoms with E-state index in [0.29, 0.717) is 0 Å². The van der Waals surface area contributed by atoms with Crippen molar-refractivity contribution in [1.82, 2.24) is 14.1 Å². The van der Waals surface area contributed by atoms with Crippen molar-refractivity contribution in [3.63, 3.8) is 0 Å². The molecule has 6 aromatic carbocycles. The first kappa shape index (κ1) is 28.6. The fourth-order valence-corrected chi connectivity index (χ4v) is 9.65. The summed E-state index contributed by atoms with van der Waals surface area (Å²) in [5, 5.41) is 6.39. The van der Waals surface area contributed by atoms with Gasteiger partial charge >= 0.3 is 0 Å². The quantitative estimate of drug-likeness (QED) is 0.183. The highest BCUT2D eigenvalue weighted by Gasteiger charge is 2.19. The molecular formula is C47H31N3S. The highest BCUT2D eigenvalue weighted by atomic mass is 32.1. The molecule has 51 heavy (non-hydrogen) atoms. The van der Waals surface area contributed by atoms with Gasteiger partial charge in [0, 0.05) is 54.9 Å². The molecule has 11 rings (SSSR count). The van der Waals surface area contributed by atoms with Crippen LogP contribution in [0.1, 0.15) is 16.9 Å². The average molecular weight is 670 g/mol. The van der Waals surface area contributed by atoms with Crippen LogP contribution in [-0.2, 0) is 6.42 Å². The summed E-state index contributed by atoms with van der Waals surface area (Å²) in [6.07, 6.45) is 8.77. The molecule has 0 aliphatic heterocycles. The van der Waals surface area contributed by atoms with Crippen molar-refractivity contribution in [2.75, 3.05) is 0 Å². The highest BCUT2D eigenvalue weighted by Crippen LogP contribution is 2.41. The molecule has 0 radical (unpaired) electrons. The van der Waals surface area contributed by atoms with Crippen molar-refractivity contribution in [3.05, 3.63) is 168 Å². The molecule has 1 aliphatic carbocycles. The number of aromatic nitrogens is 3. The summed E-state index contributed by atoms with van der Waals surface area (Å²) >= 11 is 1.87. The van der Waals surface area contributed by atoms with Gasteiger partial charge in [-0.05, 0) is 96.3 Å². The molecule has 4 aromatic heterocycles. The number of benzene rings is 6. The number of para-hydroxylation sites is 3. The SMILES string of the molecule is C1=Cc2sc3c(-c4cccc(-c5cccc(-n6c7ccccc7c7cc(-n8c9ccccc9c9ccccc98)ccc76)c5)c4)nccc3c2CC1. The van der Waals surface area contributed by atoms with Gasteiger partial charge in [0.1, 0.15) is 0 Å². The number of allylic oxidation sites excluding steroid dienone is 1. The van der Waals surface area contributed by atoms with Crippen LogP contribution in [0.4, 0.5) is 0 Å². The summed E-state index contributed by atoms with van der Waals surface area (Å²) in [6, 6.07) is 53.2. The van der Waals surface area contributed by atoms with E-state index < -0.39 is 0 Å². The third-order valence-corrected chi connectivity index (χ3v) is 11.9. The third-order valence-electron chi connectivity index (χ3n) is 10.6. The van der Waals surface area contributed by atoms with Crippen molar-refractivity contribution in [2.45, 2.75) is 12.8 Å². The minimum atomic E-state index is 1.07. The zero-order chi connectivity index (χ0) is 33.5. The fraction of sp³-hybridized carbons (Fsp3) is 0.0426.